The molecule has 0 bridgehead atoms. The van der Waals surface area contributed by atoms with Crippen LogP contribution >= 0.6 is 23.2 Å². The molecule has 0 aliphatic carbocycles. The first-order valence-corrected chi connectivity index (χ1v) is 9.92. The molecule has 2 heterocycles. The van der Waals surface area contributed by atoms with Crippen LogP contribution in [0.1, 0.15) is 5.56 Å². The first-order chi connectivity index (χ1) is 14.4. The number of hydrogen-bond donors (Lipinski definition) is 1. The van der Waals surface area contributed by atoms with E-state index in [1.165, 1.54) is 10.2 Å². The van der Waals surface area contributed by atoms with Crippen LogP contribution in [0.15, 0.2) is 54.7 Å². The number of rotatable bonds is 5. The Kier molecular flexibility index (Phi) is 5.67. The minimum atomic E-state index is 0.308. The van der Waals surface area contributed by atoms with Crippen LogP contribution in [0, 0.1) is 0 Å². The Morgan fingerprint density at radius 1 is 1.00 bits per heavy atom. The van der Waals surface area contributed by atoms with E-state index in [4.69, 9.17) is 28.9 Å². The van der Waals surface area contributed by atoms with Gasteiger partial charge < -0.3 is 10.6 Å². The van der Waals surface area contributed by atoms with E-state index in [1.807, 2.05) is 20.2 Å². The Morgan fingerprint density at radius 2 is 1.70 bits per heavy atom. The largest absolute Gasteiger partial charge is 0.383 e. The van der Waals surface area contributed by atoms with Gasteiger partial charge in [0.1, 0.15) is 11.5 Å². The maximum absolute atomic E-state index is 6.35. The second-order valence-electron chi connectivity index (χ2n) is 7.08. The lowest BCUT2D eigenvalue weighted by molar-refractivity contribution is 0.402. The third kappa shape index (κ3) is 4.00. The first kappa shape index (κ1) is 20.3. The third-order valence-electron chi connectivity index (χ3n) is 4.56. The fourth-order valence-corrected chi connectivity index (χ4v) is 3.73. The van der Waals surface area contributed by atoms with Gasteiger partial charge in [0.15, 0.2) is 5.82 Å². The number of aromatic nitrogens is 5. The molecule has 0 amide bonds. The smallest absolute Gasteiger partial charge is 0.190 e. The number of hydrogen-bond acceptors (Lipinski definition) is 6. The van der Waals surface area contributed by atoms with Crippen LogP contribution in [0.4, 0.5) is 5.82 Å². The van der Waals surface area contributed by atoms with E-state index < -0.39 is 0 Å². The van der Waals surface area contributed by atoms with E-state index in [0.717, 1.165) is 17.7 Å². The van der Waals surface area contributed by atoms with Gasteiger partial charge >= 0.3 is 0 Å². The molecule has 0 radical (unpaired) electrons. The quantitative estimate of drug-likeness (QED) is 0.497. The van der Waals surface area contributed by atoms with E-state index in [9.17, 15) is 0 Å². The summed E-state index contributed by atoms with van der Waals surface area (Å²) in [6.07, 6.45) is 1.73. The van der Waals surface area contributed by atoms with Gasteiger partial charge in [0.2, 0.25) is 0 Å². The van der Waals surface area contributed by atoms with Crippen LogP contribution < -0.4 is 5.73 Å². The third-order valence-corrected chi connectivity index (χ3v) is 5.17. The average molecular weight is 440 g/mol. The summed E-state index contributed by atoms with van der Waals surface area (Å²) in [5, 5.41) is 12.9. The molecule has 4 aromatic rings. The number of halogens is 2. The van der Waals surface area contributed by atoms with Crippen molar-refractivity contribution in [2.24, 2.45) is 0 Å². The zero-order chi connectivity index (χ0) is 21.3. The minimum Gasteiger partial charge on any atom is -0.383 e. The Morgan fingerprint density at radius 3 is 2.37 bits per heavy atom. The maximum atomic E-state index is 6.35. The summed E-state index contributed by atoms with van der Waals surface area (Å²) in [6.45, 7) is 0.874. The van der Waals surface area contributed by atoms with Crippen LogP contribution in [0.25, 0.3) is 28.2 Å². The Labute approximate surface area is 184 Å². The Bertz CT molecular complexity index is 1170. The predicted molar refractivity (Wildman–Crippen MR) is 120 cm³/mol. The molecule has 0 fully saturated rings. The number of nitrogens with two attached hydrogens (primary N) is 1. The van der Waals surface area contributed by atoms with Crippen molar-refractivity contribution < 1.29 is 0 Å². The molecular weight excluding hydrogens is 421 g/mol. The molecule has 0 aliphatic heterocycles. The molecule has 0 aliphatic rings. The highest BCUT2D eigenvalue weighted by atomic mass is 35.5. The summed E-state index contributed by atoms with van der Waals surface area (Å²) in [7, 11) is 4.08. The lowest BCUT2D eigenvalue weighted by Crippen LogP contribution is -2.10. The van der Waals surface area contributed by atoms with Gasteiger partial charge in [-0.1, -0.05) is 53.5 Å². The van der Waals surface area contributed by atoms with Crippen molar-refractivity contribution in [3.63, 3.8) is 0 Å². The van der Waals surface area contributed by atoms with Crippen LogP contribution in [0.5, 0.6) is 0 Å². The van der Waals surface area contributed by atoms with Crippen molar-refractivity contribution in [2.75, 3.05) is 19.8 Å². The van der Waals surface area contributed by atoms with E-state index in [0.29, 0.717) is 32.9 Å². The molecule has 30 heavy (non-hydrogen) atoms. The van der Waals surface area contributed by atoms with Crippen molar-refractivity contribution in [3.05, 3.63) is 70.3 Å². The molecule has 4 rings (SSSR count). The molecule has 0 spiro atoms. The molecule has 2 aromatic carbocycles. The molecule has 2 N–H and O–H groups in total. The number of benzene rings is 2. The normalized spacial score (nSPS) is 11.2. The van der Waals surface area contributed by atoms with Gasteiger partial charge in [0.05, 0.1) is 15.6 Å². The monoisotopic (exact) mass is 439 g/mol. The Balaban J connectivity index is 1.77. The highest BCUT2D eigenvalue weighted by Crippen LogP contribution is 2.33. The molecule has 0 saturated carbocycles. The van der Waals surface area contributed by atoms with Crippen molar-refractivity contribution >= 4 is 29.0 Å². The molecule has 0 atom stereocenters. The SMILES string of the molecule is CN(C)Cc1ccc(-c2cnc(N)c(-c3nnnn3-c3c(Cl)cccc3Cl)c2)cc1. The van der Waals surface area contributed by atoms with Crippen LogP contribution in [0.2, 0.25) is 10.0 Å². The minimum absolute atomic E-state index is 0.308. The van der Waals surface area contributed by atoms with Gasteiger partial charge in [-0.2, -0.15) is 4.68 Å². The summed E-state index contributed by atoms with van der Waals surface area (Å²) >= 11 is 12.7. The number of pyridine rings is 1. The van der Waals surface area contributed by atoms with Gasteiger partial charge in [0, 0.05) is 18.3 Å². The lowest BCUT2D eigenvalue weighted by Gasteiger charge is -2.12. The number of tetrazole rings is 1. The average Bonchev–Trinajstić information content (AvgIpc) is 3.17. The Hall–Kier alpha value is -3.00. The lowest BCUT2D eigenvalue weighted by atomic mass is 10.0. The molecule has 0 unspecified atom stereocenters. The molecular formula is C21H19Cl2N7. The van der Waals surface area contributed by atoms with Crippen molar-refractivity contribution in [1.29, 1.82) is 0 Å². The van der Waals surface area contributed by atoms with Crippen molar-refractivity contribution in [1.82, 2.24) is 30.1 Å². The molecule has 9 heteroatoms. The van der Waals surface area contributed by atoms with Crippen LogP contribution in [0.3, 0.4) is 0 Å². The highest BCUT2D eigenvalue weighted by molar-refractivity contribution is 6.37. The number of anilines is 1. The second-order valence-corrected chi connectivity index (χ2v) is 7.89. The van der Waals surface area contributed by atoms with E-state index in [-0.39, 0.29) is 0 Å². The van der Waals surface area contributed by atoms with E-state index >= 15 is 0 Å². The zero-order valence-corrected chi connectivity index (χ0v) is 17.9. The molecule has 152 valence electrons. The van der Waals surface area contributed by atoms with Gasteiger partial charge in [-0.25, -0.2) is 4.98 Å². The highest BCUT2D eigenvalue weighted by Gasteiger charge is 2.19. The van der Waals surface area contributed by atoms with Gasteiger partial charge in [-0.3, -0.25) is 0 Å². The summed E-state index contributed by atoms with van der Waals surface area (Å²) in [5.74, 6) is 0.711. The fraction of sp³-hybridized carbons (Fsp3) is 0.143. The fourth-order valence-electron chi connectivity index (χ4n) is 3.18. The number of nitrogens with zero attached hydrogens (tertiary/aromatic N) is 6. The maximum Gasteiger partial charge on any atom is 0.190 e. The summed E-state index contributed by atoms with van der Waals surface area (Å²) in [6, 6.07) is 15.4. The summed E-state index contributed by atoms with van der Waals surface area (Å²) in [5.41, 5.74) is 10.4. The summed E-state index contributed by atoms with van der Waals surface area (Å²) in [4.78, 5) is 6.48. The zero-order valence-electron chi connectivity index (χ0n) is 16.4. The first-order valence-electron chi connectivity index (χ1n) is 9.16. The van der Waals surface area contributed by atoms with Crippen LogP contribution in [-0.2, 0) is 6.54 Å². The van der Waals surface area contributed by atoms with Gasteiger partial charge in [0.25, 0.3) is 0 Å². The predicted octanol–water partition coefficient (Wildman–Crippen LogP) is 4.34. The number of para-hydroxylation sites is 1. The number of nitrogen functional groups attached to an aromatic ring is 1. The second kappa shape index (κ2) is 8.39. The van der Waals surface area contributed by atoms with Gasteiger partial charge in [-0.15, -0.1) is 5.10 Å². The van der Waals surface area contributed by atoms with E-state index in [2.05, 4.69) is 49.7 Å². The topological polar surface area (TPSA) is 85.8 Å². The molecule has 0 saturated heterocycles. The van der Waals surface area contributed by atoms with Crippen molar-refractivity contribution in [2.45, 2.75) is 6.54 Å². The van der Waals surface area contributed by atoms with Crippen molar-refractivity contribution in [3.8, 4) is 28.2 Å². The molecule has 7 nitrogen and oxygen atoms in total. The van der Waals surface area contributed by atoms with Gasteiger partial charge in [-0.05, 0) is 53.8 Å². The summed E-state index contributed by atoms with van der Waals surface area (Å²) < 4.78 is 1.47. The van der Waals surface area contributed by atoms with Crippen LogP contribution in [-0.4, -0.2) is 44.2 Å². The van der Waals surface area contributed by atoms with E-state index in [1.54, 1.807) is 24.4 Å². The standard InChI is InChI=1S/C21H19Cl2N7/c1-29(2)12-13-6-8-14(9-7-13)15-10-16(20(24)25-11-15)21-26-27-28-30(21)19-17(22)4-3-5-18(19)23/h3-11H,12H2,1-2H3,(H2,24,25). The molecule has 2 aromatic heterocycles.